The van der Waals surface area contributed by atoms with Gasteiger partial charge in [-0.15, -0.1) is 6.58 Å². The Labute approximate surface area is 139 Å². The molecule has 2 amide bonds. The second-order valence-electron chi connectivity index (χ2n) is 5.15. The van der Waals surface area contributed by atoms with Gasteiger partial charge in [-0.3, -0.25) is 14.4 Å². The van der Waals surface area contributed by atoms with Crippen LogP contribution in [0.3, 0.4) is 0 Å². The number of rotatable bonds is 11. The Morgan fingerprint density at radius 3 is 2.67 bits per heavy atom. The summed E-state index contributed by atoms with van der Waals surface area (Å²) in [5.74, 6) is -1.77. The van der Waals surface area contributed by atoms with Crippen molar-refractivity contribution in [3.05, 3.63) is 30.9 Å². The highest BCUT2D eigenvalue weighted by Gasteiger charge is 2.25. The van der Waals surface area contributed by atoms with E-state index in [1.54, 1.807) is 13.2 Å². The molecule has 0 radical (unpaired) electrons. The number of imidazole rings is 1. The van der Waals surface area contributed by atoms with Crippen LogP contribution in [-0.2, 0) is 20.8 Å². The van der Waals surface area contributed by atoms with Gasteiger partial charge in [0.05, 0.1) is 12.4 Å². The Morgan fingerprint density at radius 2 is 2.12 bits per heavy atom. The quantitative estimate of drug-likeness (QED) is 0.335. The predicted octanol–water partition coefficient (Wildman–Crippen LogP) is -0.808. The number of likely N-dealkylation sites (N-methyl/N-ethyl adjacent to an activating group) is 1. The van der Waals surface area contributed by atoms with Crippen molar-refractivity contribution >= 4 is 17.8 Å². The molecule has 132 valence electrons. The minimum atomic E-state index is -0.985. The van der Waals surface area contributed by atoms with Gasteiger partial charge in [0, 0.05) is 31.3 Å². The number of hydrogen-bond donors (Lipinski definition) is 5. The molecule has 0 spiro atoms. The van der Waals surface area contributed by atoms with Gasteiger partial charge in [0.2, 0.25) is 11.8 Å². The Bertz CT molecular complexity index is 558. The summed E-state index contributed by atoms with van der Waals surface area (Å²) in [5.41, 5.74) is 0.695. The maximum absolute atomic E-state index is 12.3. The molecule has 0 aromatic carbocycles. The molecule has 0 saturated heterocycles. The third-order valence-corrected chi connectivity index (χ3v) is 3.34. The third-order valence-electron chi connectivity index (χ3n) is 3.34. The van der Waals surface area contributed by atoms with Crippen molar-refractivity contribution in [2.45, 2.75) is 31.3 Å². The molecule has 0 aliphatic heterocycles. The SMILES string of the molecule is C=CCNC(=O)C(Cc1cnc[nH]1)NC(=O)C(CCC(=O)O)NC. The van der Waals surface area contributed by atoms with E-state index in [4.69, 9.17) is 5.11 Å². The number of aromatic amines is 1. The van der Waals surface area contributed by atoms with Crippen LogP contribution in [-0.4, -0.2) is 58.5 Å². The summed E-state index contributed by atoms with van der Waals surface area (Å²) >= 11 is 0. The summed E-state index contributed by atoms with van der Waals surface area (Å²) in [4.78, 5) is 41.9. The number of aliphatic carboxylic acids is 1. The van der Waals surface area contributed by atoms with Gasteiger partial charge in [0.1, 0.15) is 6.04 Å². The highest BCUT2D eigenvalue weighted by atomic mass is 16.4. The predicted molar refractivity (Wildman–Crippen MR) is 87.1 cm³/mol. The maximum Gasteiger partial charge on any atom is 0.303 e. The fourth-order valence-electron chi connectivity index (χ4n) is 2.07. The van der Waals surface area contributed by atoms with Crippen LogP contribution in [0.25, 0.3) is 0 Å². The molecule has 1 aromatic heterocycles. The van der Waals surface area contributed by atoms with Crippen molar-refractivity contribution in [1.82, 2.24) is 25.9 Å². The average Bonchev–Trinajstić information content (AvgIpc) is 3.05. The Hall–Kier alpha value is -2.68. The molecule has 5 N–H and O–H groups in total. The molecule has 1 heterocycles. The molecule has 0 saturated carbocycles. The lowest BCUT2D eigenvalue weighted by Crippen LogP contribution is -2.53. The first-order valence-corrected chi connectivity index (χ1v) is 7.53. The minimum absolute atomic E-state index is 0.128. The number of nitrogens with one attached hydrogen (secondary N) is 4. The molecular weight excluding hydrogens is 314 g/mol. The van der Waals surface area contributed by atoms with E-state index >= 15 is 0 Å². The Morgan fingerprint density at radius 1 is 1.38 bits per heavy atom. The lowest BCUT2D eigenvalue weighted by Gasteiger charge is -2.21. The molecule has 24 heavy (non-hydrogen) atoms. The monoisotopic (exact) mass is 337 g/mol. The zero-order chi connectivity index (χ0) is 17.9. The first-order chi connectivity index (χ1) is 11.5. The van der Waals surface area contributed by atoms with Crippen molar-refractivity contribution in [2.24, 2.45) is 0 Å². The van der Waals surface area contributed by atoms with Crippen molar-refractivity contribution in [2.75, 3.05) is 13.6 Å². The van der Waals surface area contributed by atoms with Crippen LogP contribution in [0, 0.1) is 0 Å². The summed E-state index contributed by atoms with van der Waals surface area (Å²) < 4.78 is 0. The van der Waals surface area contributed by atoms with Crippen molar-refractivity contribution in [3.63, 3.8) is 0 Å². The second-order valence-corrected chi connectivity index (χ2v) is 5.15. The minimum Gasteiger partial charge on any atom is -0.481 e. The van der Waals surface area contributed by atoms with Gasteiger partial charge in [-0.1, -0.05) is 6.08 Å². The van der Waals surface area contributed by atoms with Gasteiger partial charge in [-0.25, -0.2) is 4.98 Å². The average molecular weight is 337 g/mol. The topological polar surface area (TPSA) is 136 Å². The second kappa shape index (κ2) is 10.2. The zero-order valence-corrected chi connectivity index (χ0v) is 13.5. The summed E-state index contributed by atoms with van der Waals surface area (Å²) in [5, 5.41) is 16.8. The van der Waals surface area contributed by atoms with Gasteiger partial charge < -0.3 is 26.0 Å². The fourth-order valence-corrected chi connectivity index (χ4v) is 2.07. The lowest BCUT2D eigenvalue weighted by atomic mass is 10.1. The number of carbonyl (C=O) groups excluding carboxylic acids is 2. The molecule has 2 atom stereocenters. The van der Waals surface area contributed by atoms with Crippen molar-refractivity contribution < 1.29 is 19.5 Å². The van der Waals surface area contributed by atoms with Crippen LogP contribution in [0.2, 0.25) is 0 Å². The number of carbonyl (C=O) groups is 3. The summed E-state index contributed by atoms with van der Waals surface area (Å²) in [6.07, 6.45) is 4.81. The van der Waals surface area contributed by atoms with E-state index in [2.05, 4.69) is 32.5 Å². The van der Waals surface area contributed by atoms with Crippen LogP contribution in [0.15, 0.2) is 25.2 Å². The smallest absolute Gasteiger partial charge is 0.303 e. The van der Waals surface area contributed by atoms with E-state index in [0.29, 0.717) is 5.69 Å². The number of carboxylic acid groups (broad SMARTS) is 1. The number of hydrogen-bond acceptors (Lipinski definition) is 5. The highest BCUT2D eigenvalue weighted by molar-refractivity contribution is 5.90. The zero-order valence-electron chi connectivity index (χ0n) is 13.5. The van der Waals surface area contributed by atoms with Crippen LogP contribution < -0.4 is 16.0 Å². The molecule has 0 aliphatic carbocycles. The summed E-state index contributed by atoms with van der Waals surface area (Å²) in [6, 6.07) is -1.50. The number of carboxylic acids is 1. The van der Waals surface area contributed by atoms with Gasteiger partial charge in [-0.2, -0.15) is 0 Å². The van der Waals surface area contributed by atoms with E-state index < -0.39 is 24.0 Å². The molecule has 0 fully saturated rings. The van der Waals surface area contributed by atoms with Crippen LogP contribution in [0.5, 0.6) is 0 Å². The van der Waals surface area contributed by atoms with E-state index in [1.165, 1.54) is 12.4 Å². The normalized spacial score (nSPS) is 12.9. The molecule has 2 unspecified atom stereocenters. The van der Waals surface area contributed by atoms with Gasteiger partial charge in [0.25, 0.3) is 0 Å². The third kappa shape index (κ3) is 6.61. The number of amides is 2. The highest BCUT2D eigenvalue weighted by Crippen LogP contribution is 2.02. The number of nitrogens with zero attached hydrogens (tertiary/aromatic N) is 1. The largest absolute Gasteiger partial charge is 0.481 e. The van der Waals surface area contributed by atoms with Crippen molar-refractivity contribution in [1.29, 1.82) is 0 Å². The van der Waals surface area contributed by atoms with E-state index in [0.717, 1.165) is 0 Å². The Kier molecular flexibility index (Phi) is 8.20. The van der Waals surface area contributed by atoms with Crippen LogP contribution in [0.1, 0.15) is 18.5 Å². The molecule has 9 nitrogen and oxygen atoms in total. The molecular formula is C15H23N5O4. The van der Waals surface area contributed by atoms with Crippen LogP contribution >= 0.6 is 0 Å². The number of aromatic nitrogens is 2. The van der Waals surface area contributed by atoms with Gasteiger partial charge in [0.15, 0.2) is 0 Å². The molecule has 0 aliphatic rings. The summed E-state index contributed by atoms with van der Waals surface area (Å²) in [6.45, 7) is 3.81. The lowest BCUT2D eigenvalue weighted by molar-refractivity contribution is -0.137. The van der Waals surface area contributed by atoms with Gasteiger partial charge in [-0.05, 0) is 13.5 Å². The molecule has 0 bridgehead atoms. The van der Waals surface area contributed by atoms with E-state index in [9.17, 15) is 14.4 Å². The first-order valence-electron chi connectivity index (χ1n) is 7.53. The van der Waals surface area contributed by atoms with E-state index in [1.807, 2.05) is 0 Å². The Balaban J connectivity index is 2.73. The maximum atomic E-state index is 12.3. The molecule has 1 aromatic rings. The van der Waals surface area contributed by atoms with Gasteiger partial charge >= 0.3 is 5.97 Å². The van der Waals surface area contributed by atoms with Crippen LogP contribution in [0.4, 0.5) is 0 Å². The van der Waals surface area contributed by atoms with E-state index in [-0.39, 0.29) is 31.7 Å². The van der Waals surface area contributed by atoms with Crippen molar-refractivity contribution in [3.8, 4) is 0 Å². The standard InChI is InChI=1S/C15H23N5O4/c1-3-6-18-14(23)12(7-10-8-17-9-19-10)20-15(24)11(16-2)4-5-13(21)22/h3,8-9,11-12,16H,1,4-7H2,2H3,(H,17,19)(H,18,23)(H,20,24)(H,21,22). The first kappa shape index (κ1) is 19.4. The fraction of sp³-hybridized carbons (Fsp3) is 0.467. The summed E-state index contributed by atoms with van der Waals surface area (Å²) in [7, 11) is 1.56. The molecule has 1 rings (SSSR count). The molecule has 9 heteroatoms. The number of H-pyrrole nitrogens is 1.